The number of H-pyrrole nitrogens is 1. The third kappa shape index (κ3) is 3.40. The van der Waals surface area contributed by atoms with Gasteiger partial charge in [0.05, 0.1) is 5.69 Å². The van der Waals surface area contributed by atoms with Crippen molar-refractivity contribution >= 4 is 10.8 Å². The van der Waals surface area contributed by atoms with E-state index in [4.69, 9.17) is 0 Å². The van der Waals surface area contributed by atoms with Gasteiger partial charge < -0.3 is 15.2 Å². The van der Waals surface area contributed by atoms with Crippen LogP contribution in [0.1, 0.15) is 31.7 Å². The summed E-state index contributed by atoms with van der Waals surface area (Å²) in [5.74, 6) is 0. The molecular formula is C23H28N4O. The van der Waals surface area contributed by atoms with E-state index >= 15 is 0 Å². The highest BCUT2D eigenvalue weighted by Crippen LogP contribution is 2.27. The van der Waals surface area contributed by atoms with Crippen LogP contribution in [-0.4, -0.2) is 46.7 Å². The zero-order valence-electron chi connectivity index (χ0n) is 16.2. The Balaban J connectivity index is 1.33. The Kier molecular flexibility index (Phi) is 4.79. The molecule has 2 saturated heterocycles. The van der Waals surface area contributed by atoms with Crippen LogP contribution < -0.4 is 11.0 Å². The average Bonchev–Trinajstić information content (AvgIpc) is 3.16. The van der Waals surface area contributed by atoms with E-state index in [2.05, 4.69) is 57.7 Å². The molecule has 146 valence electrons. The number of hydrogen-bond acceptors (Lipinski definition) is 3. The number of likely N-dealkylation sites (tertiary alicyclic amines) is 1. The highest BCUT2D eigenvalue weighted by atomic mass is 16.1. The Bertz CT molecular complexity index is 1010. The van der Waals surface area contributed by atoms with E-state index in [1.807, 2.05) is 10.8 Å². The quantitative estimate of drug-likeness (QED) is 0.737. The van der Waals surface area contributed by atoms with Crippen molar-refractivity contribution in [3.05, 3.63) is 59.1 Å². The number of nitrogens with zero attached hydrogens (tertiary/aromatic N) is 2. The molecule has 0 unspecified atom stereocenters. The summed E-state index contributed by atoms with van der Waals surface area (Å²) in [6.45, 7) is 4.46. The van der Waals surface area contributed by atoms with Gasteiger partial charge in [-0.25, -0.2) is 4.79 Å². The minimum absolute atomic E-state index is 0.0171. The van der Waals surface area contributed by atoms with Gasteiger partial charge in [0, 0.05) is 36.9 Å². The molecule has 3 heterocycles. The summed E-state index contributed by atoms with van der Waals surface area (Å²) >= 11 is 0. The molecule has 0 bridgehead atoms. The van der Waals surface area contributed by atoms with Gasteiger partial charge in [0.1, 0.15) is 0 Å². The first kappa shape index (κ1) is 17.7. The summed E-state index contributed by atoms with van der Waals surface area (Å²) in [4.78, 5) is 18.4. The number of benzene rings is 2. The van der Waals surface area contributed by atoms with E-state index in [-0.39, 0.29) is 5.69 Å². The smallest absolute Gasteiger partial charge is 0.317 e. The van der Waals surface area contributed by atoms with Crippen LogP contribution >= 0.6 is 0 Å². The third-order valence-electron chi connectivity index (χ3n) is 6.52. The molecule has 2 aliphatic heterocycles. The number of fused-ring (bicyclic) bond motifs is 1. The lowest BCUT2D eigenvalue weighted by atomic mass is 9.98. The minimum Gasteiger partial charge on any atom is -0.317 e. The van der Waals surface area contributed by atoms with Crippen molar-refractivity contribution in [2.45, 2.75) is 37.8 Å². The molecular weight excluding hydrogens is 348 g/mol. The summed E-state index contributed by atoms with van der Waals surface area (Å²) < 4.78 is 1.93. The van der Waals surface area contributed by atoms with E-state index in [0.29, 0.717) is 6.04 Å². The standard InChI is InChI=1S/C23H28N4O/c28-23-25-22(19-6-5-17-3-1-2-4-18(17)15-19)16-27(23)21-9-13-26(14-10-21)20-7-11-24-12-8-20/h1-6,15-16,20-21,24H,7-14H2,(H,25,28). The largest absolute Gasteiger partial charge is 0.326 e. The van der Waals surface area contributed by atoms with Crippen molar-refractivity contribution in [2.75, 3.05) is 26.2 Å². The highest BCUT2D eigenvalue weighted by molar-refractivity contribution is 5.86. The van der Waals surface area contributed by atoms with Crippen molar-refractivity contribution < 1.29 is 0 Å². The van der Waals surface area contributed by atoms with Gasteiger partial charge in [-0.05, 0) is 55.6 Å². The molecule has 3 aromatic rings. The molecule has 28 heavy (non-hydrogen) atoms. The van der Waals surface area contributed by atoms with Gasteiger partial charge in [-0.15, -0.1) is 0 Å². The zero-order valence-corrected chi connectivity index (χ0v) is 16.2. The van der Waals surface area contributed by atoms with Crippen molar-refractivity contribution in [1.82, 2.24) is 19.8 Å². The topological polar surface area (TPSA) is 53.1 Å². The normalized spacial score (nSPS) is 20.0. The molecule has 0 saturated carbocycles. The number of hydrogen-bond donors (Lipinski definition) is 2. The first-order valence-electron chi connectivity index (χ1n) is 10.5. The van der Waals surface area contributed by atoms with Crippen LogP contribution in [-0.2, 0) is 0 Å². The zero-order chi connectivity index (χ0) is 18.9. The van der Waals surface area contributed by atoms with Gasteiger partial charge in [0.25, 0.3) is 0 Å². The van der Waals surface area contributed by atoms with Crippen molar-refractivity contribution in [1.29, 1.82) is 0 Å². The van der Waals surface area contributed by atoms with Crippen molar-refractivity contribution in [3.63, 3.8) is 0 Å². The summed E-state index contributed by atoms with van der Waals surface area (Å²) in [5, 5.41) is 5.87. The molecule has 0 spiro atoms. The van der Waals surface area contributed by atoms with Crippen LogP contribution in [0.15, 0.2) is 53.5 Å². The summed E-state index contributed by atoms with van der Waals surface area (Å²) in [6.07, 6.45) is 6.64. The van der Waals surface area contributed by atoms with Gasteiger partial charge in [-0.1, -0.05) is 36.4 Å². The van der Waals surface area contributed by atoms with Gasteiger partial charge in [0.2, 0.25) is 0 Å². The molecule has 0 atom stereocenters. The van der Waals surface area contributed by atoms with Crippen LogP contribution in [0.25, 0.3) is 22.0 Å². The molecule has 5 heteroatoms. The monoisotopic (exact) mass is 376 g/mol. The lowest BCUT2D eigenvalue weighted by Crippen LogP contribution is -2.47. The van der Waals surface area contributed by atoms with E-state index in [9.17, 15) is 4.79 Å². The second-order valence-electron chi connectivity index (χ2n) is 8.19. The average molecular weight is 377 g/mol. The van der Waals surface area contributed by atoms with Gasteiger partial charge in [-0.3, -0.25) is 4.57 Å². The van der Waals surface area contributed by atoms with Crippen LogP contribution in [0.2, 0.25) is 0 Å². The van der Waals surface area contributed by atoms with Gasteiger partial charge in [-0.2, -0.15) is 0 Å². The maximum absolute atomic E-state index is 12.6. The van der Waals surface area contributed by atoms with Gasteiger partial charge >= 0.3 is 5.69 Å². The fraction of sp³-hybridized carbons (Fsp3) is 0.435. The van der Waals surface area contributed by atoms with E-state index in [1.54, 1.807) is 0 Å². The van der Waals surface area contributed by atoms with Crippen LogP contribution in [0.3, 0.4) is 0 Å². The van der Waals surface area contributed by atoms with Crippen LogP contribution in [0.4, 0.5) is 0 Å². The number of nitrogens with one attached hydrogen (secondary N) is 2. The maximum Gasteiger partial charge on any atom is 0.326 e. The Morgan fingerprint density at radius 3 is 2.39 bits per heavy atom. The Hall–Kier alpha value is -2.37. The lowest BCUT2D eigenvalue weighted by molar-refractivity contribution is 0.112. The number of piperidine rings is 2. The van der Waals surface area contributed by atoms with E-state index in [1.165, 1.54) is 23.6 Å². The number of aromatic nitrogens is 2. The second kappa shape index (κ2) is 7.57. The summed E-state index contributed by atoms with van der Waals surface area (Å²) in [5.41, 5.74) is 2.00. The van der Waals surface area contributed by atoms with Gasteiger partial charge in [0.15, 0.2) is 0 Å². The number of aromatic amines is 1. The molecule has 1 aromatic heterocycles. The minimum atomic E-state index is 0.0171. The Labute approximate surface area is 165 Å². The van der Waals surface area contributed by atoms with Crippen molar-refractivity contribution in [2.24, 2.45) is 0 Å². The van der Waals surface area contributed by atoms with E-state index < -0.39 is 0 Å². The maximum atomic E-state index is 12.6. The Morgan fingerprint density at radius 2 is 1.61 bits per heavy atom. The SMILES string of the molecule is O=c1[nH]c(-c2ccc3ccccc3c2)cn1C1CCN(C2CCNCC2)CC1. The molecule has 2 N–H and O–H groups in total. The fourth-order valence-electron chi connectivity index (χ4n) is 4.89. The predicted octanol–water partition coefficient (Wildman–Crippen LogP) is 3.39. The second-order valence-corrected chi connectivity index (χ2v) is 8.19. The number of rotatable bonds is 3. The highest BCUT2D eigenvalue weighted by Gasteiger charge is 2.27. The van der Waals surface area contributed by atoms with Crippen LogP contribution in [0, 0.1) is 0 Å². The molecule has 0 radical (unpaired) electrons. The molecule has 0 amide bonds. The molecule has 2 aliphatic rings. The summed E-state index contributed by atoms with van der Waals surface area (Å²) in [7, 11) is 0. The lowest BCUT2D eigenvalue weighted by Gasteiger charge is -2.39. The molecule has 2 fully saturated rings. The Morgan fingerprint density at radius 1 is 0.857 bits per heavy atom. The fourth-order valence-corrected chi connectivity index (χ4v) is 4.89. The summed E-state index contributed by atoms with van der Waals surface area (Å²) in [6, 6.07) is 15.7. The van der Waals surface area contributed by atoms with Crippen molar-refractivity contribution in [3.8, 4) is 11.3 Å². The molecule has 5 nitrogen and oxygen atoms in total. The third-order valence-corrected chi connectivity index (χ3v) is 6.52. The molecule has 5 rings (SSSR count). The predicted molar refractivity (Wildman–Crippen MR) is 114 cm³/mol. The number of imidazole rings is 1. The molecule has 0 aliphatic carbocycles. The first-order valence-corrected chi connectivity index (χ1v) is 10.5. The van der Waals surface area contributed by atoms with Crippen LogP contribution in [0.5, 0.6) is 0 Å². The van der Waals surface area contributed by atoms with E-state index in [0.717, 1.165) is 56.3 Å². The molecule has 2 aromatic carbocycles. The first-order chi connectivity index (χ1) is 13.8.